The minimum Gasteiger partial charge on any atom is -0.392 e. The summed E-state index contributed by atoms with van der Waals surface area (Å²) in [5.74, 6) is 0. The van der Waals surface area contributed by atoms with Gasteiger partial charge in [-0.05, 0) is 13.0 Å². The lowest BCUT2D eigenvalue weighted by Gasteiger charge is -1.90. The summed E-state index contributed by atoms with van der Waals surface area (Å²) in [5, 5.41) is 11.7. The molecule has 7 heteroatoms. The third-order valence-corrected chi connectivity index (χ3v) is 2.44. The monoisotopic (exact) mass is 242 g/mol. The second-order valence-electron chi connectivity index (χ2n) is 2.19. The number of nitrogens with zero attached hydrogens (tertiary/aromatic N) is 1. The van der Waals surface area contributed by atoms with E-state index in [0.717, 1.165) is 22.9 Å². The molecule has 1 saturated heterocycles. The van der Waals surface area contributed by atoms with Gasteiger partial charge in [-0.3, -0.25) is 0 Å². The van der Waals surface area contributed by atoms with Crippen LogP contribution >= 0.6 is 24.8 Å². The van der Waals surface area contributed by atoms with E-state index in [0.29, 0.717) is 0 Å². The van der Waals surface area contributed by atoms with Gasteiger partial charge in [0.15, 0.2) is 0 Å². The minimum absolute atomic E-state index is 0.0648. The number of aliphatic hydroxyl groups is 1. The molecule has 0 aliphatic carbocycles. The van der Waals surface area contributed by atoms with Gasteiger partial charge in [0.1, 0.15) is 0 Å². The van der Waals surface area contributed by atoms with Crippen LogP contribution in [-0.4, -0.2) is 32.0 Å². The largest absolute Gasteiger partial charge is 0.392 e. The number of nitrogens with one attached hydrogen (secondary N) is 1. The fourth-order valence-corrected chi connectivity index (χ4v) is 0.639. The molecule has 0 saturated carbocycles. The molecule has 0 bridgehead atoms. The van der Waals surface area contributed by atoms with Crippen LogP contribution in [0, 0.1) is 0 Å². The van der Waals surface area contributed by atoms with Crippen molar-refractivity contribution in [1.29, 1.82) is 0 Å². The third-order valence-electron chi connectivity index (χ3n) is 1.19. The number of aliphatic hydroxyl groups excluding tert-OH is 1. The highest BCUT2D eigenvalue weighted by atomic mass is 32.2. The zero-order valence-electron chi connectivity index (χ0n) is 6.27. The molecule has 70 valence electrons. The van der Waals surface area contributed by atoms with Crippen LogP contribution in [0.5, 0.6) is 0 Å². The Morgan fingerprint density at radius 1 is 1.75 bits per heavy atom. The van der Waals surface area contributed by atoms with Crippen molar-refractivity contribution in [3.63, 3.8) is 0 Å². The van der Waals surface area contributed by atoms with Crippen molar-refractivity contribution in [2.24, 2.45) is 0 Å². The third kappa shape index (κ3) is 7.26. The molecule has 1 heterocycles. The quantitative estimate of drug-likeness (QED) is 0.236. The summed E-state index contributed by atoms with van der Waals surface area (Å²) in [4.78, 5) is 0. The number of β-amino-alcohol motifs (C(OH)–C–C–N with tert-alkyl or cyclic N) is 1. The first-order chi connectivity index (χ1) is 5.54. The predicted octanol–water partition coefficient (Wildman–Crippen LogP) is -0.253. The summed E-state index contributed by atoms with van der Waals surface area (Å²) >= 11 is 16.7. The Hall–Kier alpha value is 0.600. The molecule has 1 aliphatic heterocycles. The molecular formula is C5H10N2OS4. The van der Waals surface area contributed by atoms with Gasteiger partial charge in [0.25, 0.3) is 0 Å². The summed E-state index contributed by atoms with van der Waals surface area (Å²) in [6, 6.07) is 0. The zero-order valence-corrected chi connectivity index (χ0v) is 9.61. The van der Waals surface area contributed by atoms with Crippen molar-refractivity contribution in [2.75, 3.05) is 13.1 Å². The van der Waals surface area contributed by atoms with Gasteiger partial charge in [-0.1, -0.05) is 37.9 Å². The second-order valence-corrected chi connectivity index (χ2v) is 4.26. The van der Waals surface area contributed by atoms with Crippen LogP contribution in [0.4, 0.5) is 0 Å². The van der Waals surface area contributed by atoms with E-state index in [2.05, 4.69) is 55.4 Å². The number of hydrogen-bond acceptors (Lipinski definition) is 5. The lowest BCUT2D eigenvalue weighted by molar-refractivity contribution is -0.141. The first-order valence-corrected chi connectivity index (χ1v) is 4.88. The predicted molar refractivity (Wildman–Crippen MR) is 60.1 cm³/mol. The van der Waals surface area contributed by atoms with Crippen molar-refractivity contribution in [3.8, 4) is 0 Å². The molecule has 0 spiro atoms. The van der Waals surface area contributed by atoms with Crippen LogP contribution < -0.4 is 5.32 Å². The van der Waals surface area contributed by atoms with Crippen molar-refractivity contribution >= 4 is 54.4 Å². The molecular weight excluding hydrogens is 232 g/mol. The van der Waals surface area contributed by atoms with Gasteiger partial charge in [-0.15, -0.1) is 0 Å². The van der Waals surface area contributed by atoms with E-state index in [1.165, 1.54) is 0 Å². The molecule has 0 aromatic rings. The van der Waals surface area contributed by atoms with Crippen molar-refractivity contribution < 1.29 is 8.46 Å². The second kappa shape index (κ2) is 7.05. The Labute approximate surface area is 93.6 Å². The van der Waals surface area contributed by atoms with E-state index in [1.807, 2.05) is 0 Å². The van der Waals surface area contributed by atoms with Crippen molar-refractivity contribution in [2.45, 2.75) is 12.5 Å². The number of thiocarbonyl (C=S) groups is 1. The fraction of sp³-hybridized carbons (Fsp3) is 0.800. The van der Waals surface area contributed by atoms with Gasteiger partial charge in [-0.25, -0.2) is 3.35 Å². The highest BCUT2D eigenvalue weighted by molar-refractivity contribution is 8.11. The van der Waals surface area contributed by atoms with E-state index in [4.69, 9.17) is 5.11 Å². The van der Waals surface area contributed by atoms with E-state index in [-0.39, 0.29) is 10.4 Å². The van der Waals surface area contributed by atoms with E-state index in [1.54, 1.807) is 0 Å². The Morgan fingerprint density at radius 3 is 2.33 bits per heavy atom. The summed E-state index contributed by atoms with van der Waals surface area (Å²) in [5.41, 5.74) is 0. The van der Waals surface area contributed by atoms with E-state index in [9.17, 15) is 0 Å². The molecule has 0 aromatic heterocycles. The average molecular weight is 242 g/mol. The fourth-order valence-electron chi connectivity index (χ4n) is 0.639. The maximum absolute atomic E-state index is 8.67. The Bertz CT molecular complexity index is 157. The Balaban J connectivity index is 0.000000202. The summed E-state index contributed by atoms with van der Waals surface area (Å²) in [7, 11) is 0. The van der Waals surface area contributed by atoms with Crippen LogP contribution in [-0.2, 0) is 25.2 Å². The van der Waals surface area contributed by atoms with Gasteiger partial charge in [0.05, 0.1) is 6.10 Å². The van der Waals surface area contributed by atoms with Crippen LogP contribution in [0.25, 0.3) is 0 Å². The molecule has 12 heavy (non-hydrogen) atoms. The number of hydrogen-bond donors (Lipinski definition) is 3. The van der Waals surface area contributed by atoms with Gasteiger partial charge >= 0.3 is 4.32 Å². The molecule has 0 radical (unpaired) electrons. The van der Waals surface area contributed by atoms with E-state index >= 15 is 0 Å². The van der Waals surface area contributed by atoms with Gasteiger partial charge in [0.2, 0.25) is 0 Å². The Morgan fingerprint density at radius 2 is 2.25 bits per heavy atom. The van der Waals surface area contributed by atoms with Crippen LogP contribution in [0.1, 0.15) is 6.42 Å². The van der Waals surface area contributed by atoms with Gasteiger partial charge in [0, 0.05) is 18.8 Å². The average Bonchev–Trinajstić information content (AvgIpc) is 2.40. The summed E-state index contributed by atoms with van der Waals surface area (Å²) < 4.78 is 1.18. The van der Waals surface area contributed by atoms with Crippen LogP contribution in [0.2, 0.25) is 0 Å². The first-order valence-electron chi connectivity index (χ1n) is 3.30. The maximum atomic E-state index is 8.67. The van der Waals surface area contributed by atoms with Crippen LogP contribution in [0.15, 0.2) is 0 Å². The lowest BCUT2D eigenvalue weighted by Crippen LogP contribution is -2.11. The summed E-state index contributed by atoms with van der Waals surface area (Å²) in [6.07, 6.45) is 0.866. The topological polar surface area (TPSA) is 35.3 Å². The standard InChI is InChI=1S/C4H9NO.CHNS4/c6-4-1-2-5-3-4;3-1(4)2(5)6/h4-6H,1-3H2;(H,3,4)/t4-;/m1./s1. The molecule has 1 fully saturated rings. The smallest absolute Gasteiger partial charge is 0.301 e. The van der Waals surface area contributed by atoms with Crippen LogP contribution in [0.3, 0.4) is 0 Å². The lowest BCUT2D eigenvalue weighted by atomic mass is 10.3. The Kier molecular flexibility index (Phi) is 7.40. The molecule has 3 nitrogen and oxygen atoms in total. The molecule has 0 amide bonds. The normalized spacial score (nSPS) is 21.0. The van der Waals surface area contributed by atoms with Crippen molar-refractivity contribution in [3.05, 3.63) is 0 Å². The molecule has 0 unspecified atom stereocenters. The molecule has 2 N–H and O–H groups in total. The maximum Gasteiger partial charge on any atom is 0.301 e. The first kappa shape index (κ1) is 12.6. The molecule has 0 aromatic carbocycles. The highest BCUT2D eigenvalue weighted by Crippen LogP contribution is 1.93. The number of thiol groups is 1. The zero-order chi connectivity index (χ0) is 9.56. The van der Waals surface area contributed by atoms with E-state index < -0.39 is 0 Å². The molecule has 1 atom stereocenters. The number of rotatable bonds is 0. The minimum atomic E-state index is -0.0648. The molecule has 1 rings (SSSR count). The molecule has 1 aliphatic rings. The highest BCUT2D eigenvalue weighted by Gasteiger charge is 2.08. The van der Waals surface area contributed by atoms with Gasteiger partial charge in [-0.2, -0.15) is 0 Å². The SMILES string of the molecule is O[C@@H]1CCNC1.S=C(S)[N+](=S)[S-]. The van der Waals surface area contributed by atoms with Gasteiger partial charge < -0.3 is 10.4 Å². The van der Waals surface area contributed by atoms with Crippen molar-refractivity contribution in [1.82, 2.24) is 5.32 Å². The summed E-state index contributed by atoms with van der Waals surface area (Å²) in [6.45, 7) is 1.78.